The van der Waals surface area contributed by atoms with E-state index in [0.717, 1.165) is 43.9 Å². The van der Waals surface area contributed by atoms with Crippen molar-refractivity contribution in [3.05, 3.63) is 102 Å². The number of fused-ring (bicyclic) bond motifs is 2. The first kappa shape index (κ1) is 19.5. The lowest BCUT2D eigenvalue weighted by molar-refractivity contribution is 1.08. The molecule has 0 aliphatic rings. The van der Waals surface area contributed by atoms with Gasteiger partial charge in [-0.25, -0.2) is 15.0 Å². The minimum atomic E-state index is 0.584. The monoisotopic (exact) mass is 445 g/mol. The lowest BCUT2D eigenvalue weighted by Gasteiger charge is -2.14. The number of rotatable bonds is 5. The Bertz CT molecular complexity index is 1530. The quantitative estimate of drug-likeness (QED) is 0.325. The molecule has 0 spiro atoms. The van der Waals surface area contributed by atoms with Crippen molar-refractivity contribution in [1.29, 1.82) is 0 Å². The van der Waals surface area contributed by atoms with E-state index >= 15 is 0 Å². The zero-order valence-electron chi connectivity index (χ0n) is 17.6. The average Bonchev–Trinajstić information content (AvgIpc) is 3.31. The number of benzene rings is 3. The van der Waals surface area contributed by atoms with Gasteiger partial charge in [0.25, 0.3) is 0 Å². The first-order chi connectivity index (χ1) is 16.3. The van der Waals surface area contributed by atoms with E-state index in [9.17, 15) is 0 Å². The minimum Gasteiger partial charge on any atom is -0.363 e. The highest BCUT2D eigenvalue weighted by atomic mass is 32.1. The van der Waals surface area contributed by atoms with Crippen LogP contribution in [0.4, 0.5) is 5.82 Å². The van der Waals surface area contributed by atoms with Crippen molar-refractivity contribution in [3.8, 4) is 22.5 Å². The third kappa shape index (κ3) is 3.81. The normalized spacial score (nSPS) is 11.2. The van der Waals surface area contributed by atoms with Crippen LogP contribution < -0.4 is 5.32 Å². The van der Waals surface area contributed by atoms with Gasteiger partial charge < -0.3 is 5.32 Å². The predicted molar refractivity (Wildman–Crippen MR) is 135 cm³/mol. The average molecular weight is 446 g/mol. The van der Waals surface area contributed by atoms with Gasteiger partial charge in [0.05, 0.1) is 27.7 Å². The number of nitrogens with zero attached hydrogens (tertiary/aromatic N) is 4. The van der Waals surface area contributed by atoms with E-state index in [0.29, 0.717) is 12.4 Å². The molecule has 3 aromatic heterocycles. The SMILES string of the molecule is c1ccc(-c2cccc3nc(-c4cccnc4)nc(NCc4nc5ccccc5s4)c23)cc1. The fourth-order valence-electron chi connectivity index (χ4n) is 3.95. The standard InChI is InChI=1S/C27H19N5S/c1-2-8-18(9-3-1)20-11-6-13-22-25(20)27(32-26(31-22)19-10-7-15-28-16-19)29-17-24-30-21-12-4-5-14-23(21)33-24/h1-16H,17H2,(H,29,31,32). The van der Waals surface area contributed by atoms with Crippen molar-refractivity contribution in [1.82, 2.24) is 19.9 Å². The second-order valence-corrected chi connectivity index (χ2v) is 8.75. The molecule has 1 N–H and O–H groups in total. The Hall–Kier alpha value is -4.16. The van der Waals surface area contributed by atoms with Crippen LogP contribution in [0.3, 0.4) is 0 Å². The van der Waals surface area contributed by atoms with Gasteiger partial charge in [-0.3, -0.25) is 4.98 Å². The van der Waals surface area contributed by atoms with Gasteiger partial charge in [-0.1, -0.05) is 54.6 Å². The molecule has 158 valence electrons. The van der Waals surface area contributed by atoms with Crippen LogP contribution in [-0.2, 0) is 6.54 Å². The van der Waals surface area contributed by atoms with E-state index in [1.807, 2.05) is 60.7 Å². The summed E-state index contributed by atoms with van der Waals surface area (Å²) in [7, 11) is 0. The molecule has 0 radical (unpaired) electrons. The summed E-state index contributed by atoms with van der Waals surface area (Å²) < 4.78 is 1.18. The van der Waals surface area contributed by atoms with Gasteiger partial charge in [0.2, 0.25) is 0 Å². The van der Waals surface area contributed by atoms with Crippen LogP contribution in [-0.4, -0.2) is 19.9 Å². The van der Waals surface area contributed by atoms with Gasteiger partial charge in [-0.2, -0.15) is 0 Å². The van der Waals surface area contributed by atoms with Crippen LogP contribution in [0.15, 0.2) is 97.3 Å². The van der Waals surface area contributed by atoms with Crippen LogP contribution in [0.1, 0.15) is 5.01 Å². The Kier molecular flexibility index (Phi) is 4.97. The Balaban J connectivity index is 1.49. The van der Waals surface area contributed by atoms with Gasteiger partial charge in [-0.15, -0.1) is 11.3 Å². The van der Waals surface area contributed by atoms with Crippen molar-refractivity contribution in [2.24, 2.45) is 0 Å². The Labute approximate surface area is 194 Å². The molecular weight excluding hydrogens is 426 g/mol. The molecule has 0 atom stereocenters. The van der Waals surface area contributed by atoms with Crippen molar-refractivity contribution < 1.29 is 0 Å². The third-order valence-electron chi connectivity index (χ3n) is 5.47. The fraction of sp³-hybridized carbons (Fsp3) is 0.0370. The van der Waals surface area contributed by atoms with E-state index < -0.39 is 0 Å². The van der Waals surface area contributed by atoms with Gasteiger partial charge >= 0.3 is 0 Å². The highest BCUT2D eigenvalue weighted by molar-refractivity contribution is 7.18. The highest BCUT2D eigenvalue weighted by Gasteiger charge is 2.15. The lowest BCUT2D eigenvalue weighted by Crippen LogP contribution is -2.05. The summed E-state index contributed by atoms with van der Waals surface area (Å²) >= 11 is 1.70. The molecule has 0 amide bonds. The maximum atomic E-state index is 4.94. The first-order valence-corrected chi connectivity index (χ1v) is 11.5. The van der Waals surface area contributed by atoms with E-state index in [1.54, 1.807) is 23.7 Å². The molecule has 6 rings (SSSR count). The van der Waals surface area contributed by atoms with Crippen LogP contribution >= 0.6 is 11.3 Å². The van der Waals surface area contributed by atoms with Crippen molar-refractivity contribution in [2.45, 2.75) is 6.54 Å². The predicted octanol–water partition coefficient (Wildman–Crippen LogP) is 6.58. The van der Waals surface area contributed by atoms with E-state index in [1.165, 1.54) is 4.70 Å². The lowest BCUT2D eigenvalue weighted by atomic mass is 10.0. The summed E-state index contributed by atoms with van der Waals surface area (Å²) in [5.74, 6) is 1.44. The molecular formula is C27H19N5S. The number of anilines is 1. The number of nitrogens with one attached hydrogen (secondary N) is 1. The molecule has 0 unspecified atom stereocenters. The first-order valence-electron chi connectivity index (χ1n) is 10.7. The maximum Gasteiger partial charge on any atom is 0.163 e. The highest BCUT2D eigenvalue weighted by Crippen LogP contribution is 2.34. The summed E-state index contributed by atoms with van der Waals surface area (Å²) in [6, 6.07) is 28.6. The summed E-state index contributed by atoms with van der Waals surface area (Å²) in [5, 5.41) is 5.58. The summed E-state index contributed by atoms with van der Waals surface area (Å²) in [5.41, 5.74) is 5.01. The van der Waals surface area contributed by atoms with E-state index in [4.69, 9.17) is 15.0 Å². The fourth-order valence-corrected chi connectivity index (χ4v) is 4.86. The molecule has 3 aromatic carbocycles. The zero-order valence-corrected chi connectivity index (χ0v) is 18.5. The Morgan fingerprint density at radius 3 is 2.36 bits per heavy atom. The Morgan fingerprint density at radius 1 is 0.697 bits per heavy atom. The third-order valence-corrected chi connectivity index (χ3v) is 6.51. The van der Waals surface area contributed by atoms with Crippen molar-refractivity contribution in [3.63, 3.8) is 0 Å². The van der Waals surface area contributed by atoms with Crippen LogP contribution in [0.2, 0.25) is 0 Å². The second kappa shape index (κ2) is 8.41. The molecule has 0 saturated heterocycles. The summed E-state index contributed by atoms with van der Waals surface area (Å²) in [6.07, 6.45) is 3.55. The van der Waals surface area contributed by atoms with Gasteiger partial charge in [0, 0.05) is 18.0 Å². The Morgan fingerprint density at radius 2 is 1.52 bits per heavy atom. The van der Waals surface area contributed by atoms with Crippen LogP contribution in [0.5, 0.6) is 0 Å². The molecule has 0 aliphatic heterocycles. The molecule has 5 nitrogen and oxygen atoms in total. The summed E-state index contributed by atoms with van der Waals surface area (Å²) in [6.45, 7) is 0.584. The largest absolute Gasteiger partial charge is 0.363 e. The second-order valence-electron chi connectivity index (χ2n) is 7.63. The number of pyridine rings is 1. The van der Waals surface area contributed by atoms with Crippen LogP contribution in [0, 0.1) is 0 Å². The zero-order chi connectivity index (χ0) is 22.0. The molecule has 6 heteroatoms. The molecule has 3 heterocycles. The van der Waals surface area contributed by atoms with Gasteiger partial charge in [0.15, 0.2) is 5.82 Å². The van der Waals surface area contributed by atoms with Crippen molar-refractivity contribution >= 4 is 38.3 Å². The number of para-hydroxylation sites is 1. The molecule has 33 heavy (non-hydrogen) atoms. The van der Waals surface area contributed by atoms with E-state index in [-0.39, 0.29) is 0 Å². The number of hydrogen-bond acceptors (Lipinski definition) is 6. The number of aromatic nitrogens is 4. The van der Waals surface area contributed by atoms with Crippen molar-refractivity contribution in [2.75, 3.05) is 5.32 Å². The van der Waals surface area contributed by atoms with Gasteiger partial charge in [-0.05, 0) is 41.5 Å². The van der Waals surface area contributed by atoms with Crippen LogP contribution in [0.25, 0.3) is 43.6 Å². The molecule has 6 aromatic rings. The molecule has 0 saturated carbocycles. The van der Waals surface area contributed by atoms with Gasteiger partial charge in [0.1, 0.15) is 10.8 Å². The number of hydrogen-bond donors (Lipinski definition) is 1. The number of thiazole rings is 1. The summed E-state index contributed by atoms with van der Waals surface area (Å²) in [4.78, 5) is 18.8. The molecule has 0 bridgehead atoms. The smallest absolute Gasteiger partial charge is 0.163 e. The maximum absolute atomic E-state index is 4.94. The molecule has 0 fully saturated rings. The molecule has 0 aliphatic carbocycles. The van der Waals surface area contributed by atoms with E-state index in [2.05, 4.69) is 34.6 Å². The minimum absolute atomic E-state index is 0.584. The topological polar surface area (TPSA) is 63.6 Å².